The lowest BCUT2D eigenvalue weighted by Crippen LogP contribution is -2.49. The Kier molecular flexibility index (Phi) is 25.0. The number of carbonyl (C=O) groups excluding carboxylic acids is 5. The predicted molar refractivity (Wildman–Crippen MR) is 384 cm³/mol. The Morgan fingerprint density at radius 1 is 0.708 bits per heavy atom. The number of ether oxygens (including phenoxy) is 1. The lowest BCUT2D eigenvalue weighted by Gasteiger charge is -2.33. The molecule has 0 radical (unpaired) electrons. The monoisotopic (exact) mass is 1310 g/mol. The van der Waals surface area contributed by atoms with Crippen molar-refractivity contribution in [3.8, 4) is 11.4 Å². The van der Waals surface area contributed by atoms with Crippen molar-refractivity contribution in [2.45, 2.75) is 136 Å². The number of aryl methyl sites for hydroxylation is 1. The van der Waals surface area contributed by atoms with E-state index in [0.717, 1.165) is 54.5 Å². The van der Waals surface area contributed by atoms with E-state index in [9.17, 15) is 28.8 Å². The zero-order valence-corrected chi connectivity index (χ0v) is 56.9. The summed E-state index contributed by atoms with van der Waals surface area (Å²) in [4.78, 5) is 89.6. The Balaban J connectivity index is 0.000000176. The van der Waals surface area contributed by atoms with Gasteiger partial charge in [0.1, 0.15) is 23.7 Å². The number of nitrogens with zero attached hydrogens (tertiary/aromatic N) is 5. The van der Waals surface area contributed by atoms with Crippen molar-refractivity contribution in [2.24, 2.45) is 0 Å². The summed E-state index contributed by atoms with van der Waals surface area (Å²) in [7, 11) is 0. The molecule has 498 valence electrons. The number of fused-ring (bicyclic) bond motifs is 1. The van der Waals surface area contributed by atoms with Crippen molar-refractivity contribution < 1.29 is 28.7 Å². The third-order valence-electron chi connectivity index (χ3n) is 17.2. The van der Waals surface area contributed by atoms with E-state index < -0.39 is 12.1 Å². The molecule has 2 aliphatic heterocycles. The Morgan fingerprint density at radius 2 is 1.35 bits per heavy atom. The first-order valence-corrected chi connectivity index (χ1v) is 33.8. The van der Waals surface area contributed by atoms with Crippen molar-refractivity contribution in [1.29, 1.82) is 0 Å². The number of anilines is 1. The smallest absolute Gasteiger partial charge is 0.322 e. The van der Waals surface area contributed by atoms with Gasteiger partial charge in [-0.05, 0) is 173 Å². The van der Waals surface area contributed by atoms with Crippen LogP contribution in [0.4, 0.5) is 10.5 Å². The second-order valence-electron chi connectivity index (χ2n) is 25.7. The molecule has 8 aromatic carbocycles. The maximum absolute atomic E-state index is 14.2. The Morgan fingerprint density at radius 3 is 2.01 bits per heavy atom. The molecule has 6 amide bonds. The highest BCUT2D eigenvalue weighted by atomic mass is 35.5. The summed E-state index contributed by atoms with van der Waals surface area (Å²) < 4.78 is 7.47. The van der Waals surface area contributed by atoms with E-state index in [-0.39, 0.29) is 52.8 Å². The minimum absolute atomic E-state index is 0.0231. The minimum Gasteiger partial charge on any atom is -0.491 e. The fourth-order valence-corrected chi connectivity index (χ4v) is 12.3. The molecule has 3 unspecified atom stereocenters. The SMILES string of the molecule is CC(C)(C)c1ccc(CN(C(=O)Nc2ccccc2)C2CCCCNC2=O)cc1.CCC(c1nc2ccccc2c(=O)n1-c1ccc(OC(C)C)cc1)N(CCc1ccccc1)C(=O)c1ccccc1Cl.Cc1cccc(C(=O)N2CCCC2C(=O)NCCc2ccccc2)c1. The van der Waals surface area contributed by atoms with Crippen LogP contribution in [-0.2, 0) is 34.4 Å². The summed E-state index contributed by atoms with van der Waals surface area (Å²) in [5, 5.41) is 9.77. The van der Waals surface area contributed by atoms with Gasteiger partial charge in [-0.3, -0.25) is 28.5 Å². The van der Waals surface area contributed by atoms with Crippen LogP contribution < -0.4 is 26.2 Å². The van der Waals surface area contributed by atoms with Gasteiger partial charge in [0, 0.05) is 44.0 Å². The van der Waals surface area contributed by atoms with E-state index in [1.165, 1.54) is 11.1 Å². The molecule has 96 heavy (non-hydrogen) atoms. The quantitative estimate of drug-likeness (QED) is 0.0717. The molecule has 0 bridgehead atoms. The van der Waals surface area contributed by atoms with Gasteiger partial charge in [0.25, 0.3) is 17.4 Å². The van der Waals surface area contributed by atoms with Crippen LogP contribution in [0.1, 0.15) is 140 Å². The molecule has 2 fully saturated rings. The van der Waals surface area contributed by atoms with Crippen LogP contribution in [0.3, 0.4) is 0 Å². The number of hydrogen-bond donors (Lipinski definition) is 3. The molecule has 0 saturated carbocycles. The van der Waals surface area contributed by atoms with Crippen molar-refractivity contribution in [2.75, 3.05) is 31.5 Å². The molecule has 1 aromatic heterocycles. The molecular weight excluding hydrogens is 1220 g/mol. The zero-order valence-electron chi connectivity index (χ0n) is 56.2. The topological polar surface area (TPSA) is 175 Å². The molecule has 9 aromatic rings. The van der Waals surface area contributed by atoms with Crippen molar-refractivity contribution in [3.63, 3.8) is 0 Å². The molecule has 0 spiro atoms. The van der Waals surface area contributed by atoms with Gasteiger partial charge in [-0.25, -0.2) is 9.78 Å². The Hall–Kier alpha value is -9.86. The lowest BCUT2D eigenvalue weighted by molar-refractivity contribution is -0.125. The van der Waals surface area contributed by atoms with Crippen LogP contribution in [0.5, 0.6) is 5.75 Å². The van der Waals surface area contributed by atoms with Crippen LogP contribution in [0, 0.1) is 6.92 Å². The van der Waals surface area contributed by atoms with Crippen LogP contribution in [0.15, 0.2) is 217 Å². The van der Waals surface area contributed by atoms with Crippen molar-refractivity contribution >= 4 is 57.9 Å². The summed E-state index contributed by atoms with van der Waals surface area (Å²) >= 11 is 6.53. The molecule has 11 rings (SSSR count). The zero-order chi connectivity index (χ0) is 68.1. The summed E-state index contributed by atoms with van der Waals surface area (Å²) in [6.07, 6.45) is 6.12. The number of nitrogens with one attached hydrogen (secondary N) is 3. The molecule has 15 nitrogen and oxygen atoms in total. The van der Waals surface area contributed by atoms with E-state index in [4.69, 9.17) is 21.3 Å². The number of aromatic nitrogens is 2. The first-order valence-electron chi connectivity index (χ1n) is 33.4. The third kappa shape index (κ3) is 19.0. The summed E-state index contributed by atoms with van der Waals surface area (Å²) in [6.45, 7) is 17.1. The normalized spacial score (nSPS) is 14.8. The molecule has 16 heteroatoms. The van der Waals surface area contributed by atoms with Crippen LogP contribution in [-0.4, -0.2) is 98.3 Å². The van der Waals surface area contributed by atoms with Crippen LogP contribution in [0.2, 0.25) is 5.02 Å². The van der Waals surface area contributed by atoms with E-state index >= 15 is 0 Å². The highest BCUT2D eigenvalue weighted by Gasteiger charge is 2.36. The molecule has 3 heterocycles. The first kappa shape index (κ1) is 70.5. The van der Waals surface area contributed by atoms with Gasteiger partial charge in [0.15, 0.2) is 0 Å². The lowest BCUT2D eigenvalue weighted by atomic mass is 9.86. The van der Waals surface area contributed by atoms with Gasteiger partial charge < -0.3 is 35.4 Å². The van der Waals surface area contributed by atoms with E-state index in [1.807, 2.05) is 173 Å². The van der Waals surface area contributed by atoms with Gasteiger partial charge in [0.2, 0.25) is 11.8 Å². The highest BCUT2D eigenvalue weighted by Crippen LogP contribution is 2.31. The number of para-hydroxylation sites is 2. The van der Waals surface area contributed by atoms with Gasteiger partial charge in [-0.2, -0.15) is 0 Å². The third-order valence-corrected chi connectivity index (χ3v) is 17.5. The summed E-state index contributed by atoms with van der Waals surface area (Å²) in [6, 6.07) is 65.6. The highest BCUT2D eigenvalue weighted by molar-refractivity contribution is 6.33. The average molecular weight is 1310 g/mol. The van der Waals surface area contributed by atoms with E-state index in [1.54, 1.807) is 49.6 Å². The molecule has 3 N–H and O–H groups in total. The van der Waals surface area contributed by atoms with Crippen molar-refractivity contribution in [3.05, 3.63) is 272 Å². The van der Waals surface area contributed by atoms with Crippen molar-refractivity contribution in [1.82, 2.24) is 34.9 Å². The van der Waals surface area contributed by atoms with Gasteiger partial charge in [0.05, 0.1) is 39.3 Å². The first-order chi connectivity index (χ1) is 46.4. The largest absolute Gasteiger partial charge is 0.491 e. The average Bonchev–Trinajstić information content (AvgIpc) is 0.882. The number of halogens is 1. The maximum atomic E-state index is 14.2. The fourth-order valence-electron chi connectivity index (χ4n) is 12.1. The van der Waals surface area contributed by atoms with Gasteiger partial charge in [-0.1, -0.05) is 184 Å². The second-order valence-corrected chi connectivity index (χ2v) is 26.1. The molecule has 3 atom stereocenters. The fraction of sp³-hybridized carbons (Fsp3) is 0.312. The summed E-state index contributed by atoms with van der Waals surface area (Å²) in [5.41, 5.74) is 8.51. The Bertz CT molecular complexity index is 4110. The molecule has 2 aliphatic rings. The number of carbonyl (C=O) groups is 5. The number of rotatable bonds is 19. The summed E-state index contributed by atoms with van der Waals surface area (Å²) in [5.74, 6) is 0.823. The van der Waals surface area contributed by atoms with Gasteiger partial charge in [-0.15, -0.1) is 0 Å². The number of likely N-dealkylation sites (tertiary alicyclic amines) is 1. The second kappa shape index (κ2) is 34.0. The minimum atomic E-state index is -0.513. The van der Waals surface area contributed by atoms with E-state index in [2.05, 4.69) is 73.1 Å². The number of urea groups is 1. The number of amides is 6. The standard InChI is InChI=1S/C35H34ClN3O3.C24H31N3O2.C21H24N2O2/c1-4-32(38(23-22-25-12-6-5-7-13-25)34(40)28-14-8-10-16-30(28)36)33-37-31-17-11-9-15-29(31)35(41)39(33)26-18-20-27(21-19-26)42-24(2)3;1-24(2,3)19-14-12-18(13-15-19)17-27(21-11-7-8-16-25-22(21)28)23(29)26-20-9-5-4-6-10-20;1-16-7-5-10-18(15-16)21(25)23-14-6-11-19(23)20(24)22-13-12-17-8-3-2-4-9-17/h5-21,24,32H,4,22-23H2,1-3H3;4-6,9-10,12-15,21H,7-8,11,16-17H2,1-3H3,(H,25,28)(H,26,29);2-5,7-10,15,19H,6,11-14H2,1H3,(H,22,24). The Labute approximate surface area is 569 Å². The van der Waals surface area contributed by atoms with E-state index in [0.29, 0.717) is 96.3 Å². The molecule has 0 aliphatic carbocycles. The van der Waals surface area contributed by atoms with Gasteiger partial charge >= 0.3 is 6.03 Å². The molecule has 2 saturated heterocycles. The number of benzene rings is 8. The molecular formula is C80H89ClN8O7. The van der Waals surface area contributed by atoms with Crippen LogP contribution >= 0.6 is 11.6 Å². The predicted octanol–water partition coefficient (Wildman–Crippen LogP) is 15.3. The van der Waals surface area contributed by atoms with Crippen LogP contribution in [0.25, 0.3) is 16.6 Å². The number of hydrogen-bond acceptors (Lipinski definition) is 8. The maximum Gasteiger partial charge on any atom is 0.322 e.